The molecule has 0 saturated carbocycles. The lowest BCUT2D eigenvalue weighted by Crippen LogP contribution is -2.29. The molecule has 1 aromatic carbocycles. The van der Waals surface area contributed by atoms with Crippen molar-refractivity contribution in [2.24, 2.45) is 5.84 Å². The maximum Gasteiger partial charge on any atom is 0.278 e. The summed E-state index contributed by atoms with van der Waals surface area (Å²) in [5.41, 5.74) is 1.91. The zero-order chi connectivity index (χ0) is 10.1. The topological polar surface area (TPSA) is 55.1 Å². The summed E-state index contributed by atoms with van der Waals surface area (Å²) in [4.78, 5) is 11.2. The number of carbonyl (C=O) groups excluding carboxylic acids is 1. The van der Waals surface area contributed by atoms with E-state index in [-0.39, 0.29) is 4.88 Å². The SMILES string of the molecule is NNC(=O)c1sc2ccccc2c1F. The number of rotatable bonds is 1. The Morgan fingerprint density at radius 2 is 2.14 bits per heavy atom. The van der Waals surface area contributed by atoms with Crippen molar-refractivity contribution < 1.29 is 9.18 Å². The van der Waals surface area contributed by atoms with Crippen LogP contribution < -0.4 is 11.3 Å². The molecule has 0 fully saturated rings. The van der Waals surface area contributed by atoms with Crippen molar-refractivity contribution in [3.8, 4) is 0 Å². The van der Waals surface area contributed by atoms with Gasteiger partial charge < -0.3 is 0 Å². The van der Waals surface area contributed by atoms with E-state index in [0.717, 1.165) is 16.0 Å². The molecule has 0 aliphatic carbocycles. The Labute approximate surface area is 83.3 Å². The van der Waals surface area contributed by atoms with Crippen LogP contribution in [-0.4, -0.2) is 5.91 Å². The summed E-state index contributed by atoms with van der Waals surface area (Å²) in [6.07, 6.45) is 0. The number of nitrogens with one attached hydrogen (secondary N) is 1. The van der Waals surface area contributed by atoms with Crippen LogP contribution in [0.5, 0.6) is 0 Å². The number of carbonyl (C=O) groups is 1. The van der Waals surface area contributed by atoms with Crippen LogP contribution in [0.4, 0.5) is 4.39 Å². The second kappa shape index (κ2) is 3.36. The lowest BCUT2D eigenvalue weighted by atomic mass is 10.2. The Kier molecular flexibility index (Phi) is 2.18. The van der Waals surface area contributed by atoms with Crippen LogP contribution in [-0.2, 0) is 0 Å². The molecule has 1 heterocycles. The number of benzene rings is 1. The van der Waals surface area contributed by atoms with Crippen molar-refractivity contribution in [1.29, 1.82) is 0 Å². The van der Waals surface area contributed by atoms with Gasteiger partial charge in [0.1, 0.15) is 4.88 Å². The predicted molar refractivity (Wildman–Crippen MR) is 53.4 cm³/mol. The van der Waals surface area contributed by atoms with Crippen LogP contribution >= 0.6 is 11.3 Å². The smallest absolute Gasteiger partial charge is 0.278 e. The monoisotopic (exact) mass is 210 g/mol. The minimum absolute atomic E-state index is 0.0219. The van der Waals surface area contributed by atoms with Gasteiger partial charge in [-0.15, -0.1) is 11.3 Å². The number of hydrogen-bond acceptors (Lipinski definition) is 3. The molecule has 0 aliphatic heterocycles. The molecule has 2 rings (SSSR count). The van der Waals surface area contributed by atoms with E-state index in [4.69, 9.17) is 5.84 Å². The van der Waals surface area contributed by atoms with Gasteiger partial charge in [0.15, 0.2) is 5.82 Å². The van der Waals surface area contributed by atoms with Crippen LogP contribution in [0.1, 0.15) is 9.67 Å². The Bertz CT molecular complexity index is 495. The molecule has 5 heteroatoms. The van der Waals surface area contributed by atoms with Crippen LogP contribution in [0, 0.1) is 5.82 Å². The van der Waals surface area contributed by atoms with E-state index in [1.165, 1.54) is 0 Å². The molecule has 0 bridgehead atoms. The minimum Gasteiger partial charge on any atom is -0.289 e. The van der Waals surface area contributed by atoms with Crippen molar-refractivity contribution in [3.63, 3.8) is 0 Å². The van der Waals surface area contributed by atoms with E-state index < -0.39 is 11.7 Å². The Hall–Kier alpha value is -1.46. The van der Waals surface area contributed by atoms with Crippen LogP contribution in [0.3, 0.4) is 0 Å². The molecule has 14 heavy (non-hydrogen) atoms. The number of hydrazine groups is 1. The van der Waals surface area contributed by atoms with E-state index in [1.807, 2.05) is 5.43 Å². The minimum atomic E-state index is -0.594. The summed E-state index contributed by atoms with van der Waals surface area (Å²) < 4.78 is 14.3. The fourth-order valence-corrected chi connectivity index (χ4v) is 2.21. The average molecular weight is 210 g/mol. The van der Waals surface area contributed by atoms with Crippen molar-refractivity contribution in [2.75, 3.05) is 0 Å². The first-order valence-electron chi connectivity index (χ1n) is 3.92. The van der Waals surface area contributed by atoms with Gasteiger partial charge in [-0.05, 0) is 6.07 Å². The molecule has 1 aromatic heterocycles. The van der Waals surface area contributed by atoms with Crippen molar-refractivity contribution in [3.05, 3.63) is 35.0 Å². The molecule has 3 nitrogen and oxygen atoms in total. The highest BCUT2D eigenvalue weighted by molar-refractivity contribution is 7.20. The first kappa shape index (κ1) is 9.11. The molecule has 0 aliphatic rings. The van der Waals surface area contributed by atoms with Gasteiger partial charge in [0.05, 0.1) is 0 Å². The zero-order valence-corrected chi connectivity index (χ0v) is 7.90. The fourth-order valence-electron chi connectivity index (χ4n) is 1.23. The highest BCUT2D eigenvalue weighted by atomic mass is 32.1. The lowest BCUT2D eigenvalue weighted by molar-refractivity contribution is 0.0954. The van der Waals surface area contributed by atoms with Gasteiger partial charge in [0.2, 0.25) is 0 Å². The van der Waals surface area contributed by atoms with Gasteiger partial charge in [-0.2, -0.15) is 0 Å². The third kappa shape index (κ3) is 1.26. The number of nitrogens with two attached hydrogens (primary N) is 1. The van der Waals surface area contributed by atoms with Crippen LogP contribution in [0.2, 0.25) is 0 Å². The third-order valence-electron chi connectivity index (χ3n) is 1.87. The summed E-state index contributed by atoms with van der Waals surface area (Å²) in [6, 6.07) is 6.91. The van der Waals surface area contributed by atoms with Gasteiger partial charge in [0.25, 0.3) is 5.91 Å². The van der Waals surface area contributed by atoms with E-state index in [0.29, 0.717) is 5.39 Å². The summed E-state index contributed by atoms with van der Waals surface area (Å²) >= 11 is 1.09. The molecule has 0 unspecified atom stereocenters. The van der Waals surface area contributed by atoms with Gasteiger partial charge in [0, 0.05) is 10.1 Å². The van der Waals surface area contributed by atoms with E-state index >= 15 is 0 Å². The van der Waals surface area contributed by atoms with Gasteiger partial charge in [-0.25, -0.2) is 10.2 Å². The normalized spacial score (nSPS) is 10.4. The number of thiophene rings is 1. The maximum absolute atomic E-state index is 13.6. The molecular formula is C9H7FN2OS. The van der Waals surface area contributed by atoms with Crippen LogP contribution in [0.15, 0.2) is 24.3 Å². The van der Waals surface area contributed by atoms with Gasteiger partial charge in [-0.1, -0.05) is 18.2 Å². The number of amides is 1. The quantitative estimate of drug-likeness (QED) is 0.427. The molecule has 3 N–H and O–H groups in total. The molecule has 72 valence electrons. The number of halogens is 1. The highest BCUT2D eigenvalue weighted by Gasteiger charge is 2.16. The zero-order valence-electron chi connectivity index (χ0n) is 7.08. The molecule has 0 atom stereocenters. The lowest BCUT2D eigenvalue weighted by Gasteiger charge is -1.93. The fraction of sp³-hybridized carbons (Fsp3) is 0. The molecule has 1 amide bonds. The van der Waals surface area contributed by atoms with Gasteiger partial charge in [-0.3, -0.25) is 10.2 Å². The number of fused-ring (bicyclic) bond motifs is 1. The van der Waals surface area contributed by atoms with E-state index in [2.05, 4.69) is 0 Å². The predicted octanol–water partition coefficient (Wildman–Crippen LogP) is 1.64. The van der Waals surface area contributed by atoms with Crippen molar-refractivity contribution in [1.82, 2.24) is 5.43 Å². The molecule has 0 spiro atoms. The first-order chi connectivity index (χ1) is 6.74. The standard InChI is InChI=1S/C9H7FN2OS/c10-7-5-3-1-2-4-6(5)14-8(7)9(13)12-11/h1-4H,11H2,(H,12,13). The average Bonchev–Trinajstić information content (AvgIpc) is 2.56. The molecular weight excluding hydrogens is 203 g/mol. The van der Waals surface area contributed by atoms with E-state index in [1.54, 1.807) is 24.3 Å². The molecule has 0 radical (unpaired) electrons. The number of hydrogen-bond donors (Lipinski definition) is 2. The van der Waals surface area contributed by atoms with Crippen molar-refractivity contribution >= 4 is 27.3 Å². The number of nitrogen functional groups attached to an aromatic ring is 1. The third-order valence-corrected chi connectivity index (χ3v) is 3.02. The summed E-state index contributed by atoms with van der Waals surface area (Å²) in [6.45, 7) is 0. The first-order valence-corrected chi connectivity index (χ1v) is 4.73. The molecule has 0 saturated heterocycles. The van der Waals surface area contributed by atoms with Crippen molar-refractivity contribution in [2.45, 2.75) is 0 Å². The Balaban J connectivity index is 2.68. The second-order valence-corrected chi connectivity index (χ2v) is 3.77. The Morgan fingerprint density at radius 1 is 1.43 bits per heavy atom. The Morgan fingerprint density at radius 3 is 2.79 bits per heavy atom. The van der Waals surface area contributed by atoms with Crippen LogP contribution in [0.25, 0.3) is 10.1 Å². The highest BCUT2D eigenvalue weighted by Crippen LogP contribution is 2.29. The van der Waals surface area contributed by atoms with Gasteiger partial charge >= 0.3 is 0 Å². The van der Waals surface area contributed by atoms with E-state index in [9.17, 15) is 9.18 Å². The summed E-state index contributed by atoms with van der Waals surface area (Å²) in [5.74, 6) is 3.84. The largest absolute Gasteiger partial charge is 0.289 e. The maximum atomic E-state index is 13.6. The molecule has 2 aromatic rings. The summed E-state index contributed by atoms with van der Waals surface area (Å²) in [7, 11) is 0. The summed E-state index contributed by atoms with van der Waals surface area (Å²) in [5, 5.41) is 0.455. The second-order valence-electron chi connectivity index (χ2n) is 2.71.